The second kappa shape index (κ2) is 7.60. The fourth-order valence-electron chi connectivity index (χ4n) is 1.13. The minimum Gasteiger partial charge on any atom is -0.399 e. The summed E-state index contributed by atoms with van der Waals surface area (Å²) in [5.41, 5.74) is 6.42. The molecule has 0 aliphatic carbocycles. The number of hydrogen-bond acceptors (Lipinski definition) is 3. The van der Waals surface area contributed by atoms with Gasteiger partial charge in [-0.2, -0.15) is 0 Å². The molecule has 0 aromatic heterocycles. The lowest BCUT2D eigenvalue weighted by atomic mass is 10.3. The van der Waals surface area contributed by atoms with E-state index in [1.807, 2.05) is 24.3 Å². The van der Waals surface area contributed by atoms with Gasteiger partial charge in [-0.3, -0.25) is 0 Å². The fourth-order valence-corrected chi connectivity index (χ4v) is 1.90. The van der Waals surface area contributed by atoms with E-state index in [0.717, 1.165) is 31.1 Å². The Morgan fingerprint density at radius 1 is 1.20 bits per heavy atom. The zero-order chi connectivity index (χ0) is 10.9. The first-order chi connectivity index (χ1) is 7.33. The van der Waals surface area contributed by atoms with Crippen molar-refractivity contribution >= 4 is 17.4 Å². The van der Waals surface area contributed by atoms with Gasteiger partial charge in [-0.05, 0) is 30.7 Å². The number of hydrogen-bond donors (Lipinski definition) is 1. The third-order valence-corrected chi connectivity index (χ3v) is 3.00. The van der Waals surface area contributed by atoms with E-state index in [9.17, 15) is 0 Å². The van der Waals surface area contributed by atoms with E-state index in [1.165, 1.54) is 11.3 Å². The average molecular weight is 225 g/mol. The van der Waals surface area contributed by atoms with Gasteiger partial charge in [0.15, 0.2) is 0 Å². The predicted molar refractivity (Wildman–Crippen MR) is 67.3 cm³/mol. The number of nitrogens with two attached hydrogens (primary N) is 1. The number of unbranched alkanes of at least 4 members (excludes halogenated alkanes) is 1. The van der Waals surface area contributed by atoms with Crippen LogP contribution in [-0.4, -0.2) is 19.0 Å². The molecule has 0 unspecified atom stereocenters. The molecule has 0 radical (unpaired) electrons. The molecule has 0 spiro atoms. The molecular weight excluding hydrogens is 206 g/mol. The van der Waals surface area contributed by atoms with Crippen molar-refractivity contribution < 1.29 is 4.74 Å². The molecule has 2 N–H and O–H groups in total. The Morgan fingerprint density at radius 3 is 2.60 bits per heavy atom. The molecule has 0 aliphatic heterocycles. The Kier molecular flexibility index (Phi) is 6.28. The smallest absolute Gasteiger partial charge is 0.0560 e. The summed E-state index contributed by atoms with van der Waals surface area (Å²) in [7, 11) is 0. The normalized spacial score (nSPS) is 10.5. The largest absolute Gasteiger partial charge is 0.399 e. The van der Waals surface area contributed by atoms with Crippen molar-refractivity contribution in [3.63, 3.8) is 0 Å². The van der Waals surface area contributed by atoms with Crippen LogP contribution in [0.4, 0.5) is 5.69 Å². The lowest BCUT2D eigenvalue weighted by Crippen LogP contribution is -1.98. The third kappa shape index (κ3) is 5.70. The van der Waals surface area contributed by atoms with Crippen molar-refractivity contribution in [2.24, 2.45) is 0 Å². The number of benzene rings is 1. The zero-order valence-corrected chi connectivity index (χ0v) is 10.1. The molecule has 0 heterocycles. The van der Waals surface area contributed by atoms with Gasteiger partial charge in [0.1, 0.15) is 0 Å². The maximum absolute atomic E-state index is 5.60. The molecule has 84 valence electrons. The molecule has 15 heavy (non-hydrogen) atoms. The van der Waals surface area contributed by atoms with Gasteiger partial charge in [-0.1, -0.05) is 13.3 Å². The van der Waals surface area contributed by atoms with Gasteiger partial charge in [-0.25, -0.2) is 0 Å². The van der Waals surface area contributed by atoms with Crippen LogP contribution in [0.2, 0.25) is 0 Å². The molecule has 0 bridgehead atoms. The first-order valence-electron chi connectivity index (χ1n) is 5.39. The summed E-state index contributed by atoms with van der Waals surface area (Å²) >= 11 is 1.81. The van der Waals surface area contributed by atoms with Gasteiger partial charge in [0, 0.05) is 22.9 Å². The number of thioether (sulfide) groups is 1. The van der Waals surface area contributed by atoms with Crippen LogP contribution in [-0.2, 0) is 4.74 Å². The number of ether oxygens (including phenoxy) is 1. The molecule has 1 rings (SSSR count). The van der Waals surface area contributed by atoms with Crippen molar-refractivity contribution in [2.45, 2.75) is 24.7 Å². The highest BCUT2D eigenvalue weighted by Crippen LogP contribution is 2.18. The molecule has 0 saturated heterocycles. The first kappa shape index (κ1) is 12.4. The van der Waals surface area contributed by atoms with E-state index < -0.39 is 0 Å². The maximum atomic E-state index is 5.60. The predicted octanol–water partition coefficient (Wildman–Crippen LogP) is 3.18. The van der Waals surface area contributed by atoms with E-state index in [-0.39, 0.29) is 0 Å². The van der Waals surface area contributed by atoms with Crippen molar-refractivity contribution in [3.05, 3.63) is 24.3 Å². The fraction of sp³-hybridized carbons (Fsp3) is 0.500. The minimum atomic E-state index is 0.818. The number of anilines is 1. The second-order valence-electron chi connectivity index (χ2n) is 3.38. The van der Waals surface area contributed by atoms with Crippen LogP contribution in [0.3, 0.4) is 0 Å². The van der Waals surface area contributed by atoms with E-state index in [0.29, 0.717) is 0 Å². The minimum absolute atomic E-state index is 0.818. The van der Waals surface area contributed by atoms with Crippen molar-refractivity contribution in [1.82, 2.24) is 0 Å². The van der Waals surface area contributed by atoms with E-state index >= 15 is 0 Å². The molecule has 0 atom stereocenters. The monoisotopic (exact) mass is 225 g/mol. The SMILES string of the molecule is CCCCOCCSc1ccc(N)cc1. The highest BCUT2D eigenvalue weighted by molar-refractivity contribution is 7.99. The quantitative estimate of drug-likeness (QED) is 0.440. The van der Waals surface area contributed by atoms with Crippen molar-refractivity contribution in [3.8, 4) is 0 Å². The Balaban J connectivity index is 2.07. The molecule has 0 aliphatic rings. The topological polar surface area (TPSA) is 35.2 Å². The van der Waals surface area contributed by atoms with Crippen molar-refractivity contribution in [2.75, 3.05) is 24.7 Å². The Hall–Kier alpha value is -0.670. The van der Waals surface area contributed by atoms with Crippen molar-refractivity contribution in [1.29, 1.82) is 0 Å². The molecule has 1 aromatic rings. The van der Waals surface area contributed by atoms with Crippen LogP contribution in [0.15, 0.2) is 29.2 Å². The number of rotatable bonds is 7. The molecule has 0 fully saturated rings. The van der Waals surface area contributed by atoms with Crippen LogP contribution in [0.25, 0.3) is 0 Å². The van der Waals surface area contributed by atoms with Crippen LogP contribution in [0.1, 0.15) is 19.8 Å². The number of nitrogen functional groups attached to an aromatic ring is 1. The highest BCUT2D eigenvalue weighted by atomic mass is 32.2. The molecular formula is C12H19NOS. The summed E-state index contributed by atoms with van der Waals surface area (Å²) in [6.45, 7) is 3.89. The molecule has 3 heteroatoms. The summed E-state index contributed by atoms with van der Waals surface area (Å²) in [6, 6.07) is 7.96. The van der Waals surface area contributed by atoms with Crippen LogP contribution < -0.4 is 5.73 Å². The lowest BCUT2D eigenvalue weighted by molar-refractivity contribution is 0.147. The summed E-state index contributed by atoms with van der Waals surface area (Å²) < 4.78 is 5.47. The third-order valence-electron chi connectivity index (χ3n) is 2.02. The molecule has 0 saturated carbocycles. The van der Waals surface area contributed by atoms with E-state index in [1.54, 1.807) is 11.8 Å². The van der Waals surface area contributed by atoms with E-state index in [4.69, 9.17) is 10.5 Å². The highest BCUT2D eigenvalue weighted by Gasteiger charge is 1.94. The summed E-state index contributed by atoms with van der Waals surface area (Å²) in [5.74, 6) is 1.01. The van der Waals surface area contributed by atoms with Gasteiger partial charge in [0.25, 0.3) is 0 Å². The lowest BCUT2D eigenvalue weighted by Gasteiger charge is -2.03. The van der Waals surface area contributed by atoms with Gasteiger partial charge >= 0.3 is 0 Å². The second-order valence-corrected chi connectivity index (χ2v) is 4.55. The average Bonchev–Trinajstić information content (AvgIpc) is 2.26. The van der Waals surface area contributed by atoms with Crippen LogP contribution >= 0.6 is 11.8 Å². The molecule has 1 aromatic carbocycles. The Morgan fingerprint density at radius 2 is 1.93 bits per heavy atom. The maximum Gasteiger partial charge on any atom is 0.0560 e. The summed E-state index contributed by atoms with van der Waals surface area (Å²) in [5, 5.41) is 0. The Labute approximate surface area is 96.2 Å². The standard InChI is InChI=1S/C12H19NOS/c1-2-3-8-14-9-10-15-12-6-4-11(13)5-7-12/h4-7H,2-3,8-10,13H2,1H3. The first-order valence-corrected chi connectivity index (χ1v) is 6.37. The van der Waals surface area contributed by atoms with Gasteiger partial charge in [0.2, 0.25) is 0 Å². The summed E-state index contributed by atoms with van der Waals surface area (Å²) in [4.78, 5) is 1.25. The summed E-state index contributed by atoms with van der Waals surface area (Å²) in [6.07, 6.45) is 2.36. The van der Waals surface area contributed by atoms with Gasteiger partial charge in [0.05, 0.1) is 6.61 Å². The Bertz CT molecular complexity index is 261. The van der Waals surface area contributed by atoms with Gasteiger partial charge in [-0.15, -0.1) is 11.8 Å². The molecule has 0 amide bonds. The van der Waals surface area contributed by atoms with Crippen LogP contribution in [0.5, 0.6) is 0 Å². The van der Waals surface area contributed by atoms with E-state index in [2.05, 4.69) is 6.92 Å². The zero-order valence-electron chi connectivity index (χ0n) is 9.24. The van der Waals surface area contributed by atoms with Crippen LogP contribution in [0, 0.1) is 0 Å². The van der Waals surface area contributed by atoms with Gasteiger partial charge < -0.3 is 10.5 Å². The molecule has 2 nitrogen and oxygen atoms in total.